The first-order chi connectivity index (χ1) is 19.1. The van der Waals surface area contributed by atoms with Crippen LogP contribution in [0.1, 0.15) is 30.9 Å². The Bertz CT molecular complexity index is 1350. The molecule has 3 aromatic rings. The lowest BCUT2D eigenvalue weighted by atomic mass is 10.0. The van der Waals surface area contributed by atoms with Crippen LogP contribution in [0.3, 0.4) is 0 Å². The van der Waals surface area contributed by atoms with E-state index in [1.807, 2.05) is 43.3 Å². The largest absolute Gasteiger partial charge is 0.354 e. The maximum atomic E-state index is 14.2. The lowest BCUT2D eigenvalue weighted by Gasteiger charge is -2.34. The second-order valence-electron chi connectivity index (χ2n) is 9.60. The number of anilines is 1. The third-order valence-electron chi connectivity index (χ3n) is 6.46. The van der Waals surface area contributed by atoms with Crippen molar-refractivity contribution < 1.29 is 18.0 Å². The molecule has 40 heavy (non-hydrogen) atoms. The Morgan fingerprint density at radius 1 is 0.900 bits per heavy atom. The van der Waals surface area contributed by atoms with Crippen LogP contribution in [0.4, 0.5) is 5.69 Å². The second kappa shape index (κ2) is 14.8. The average Bonchev–Trinajstić information content (AvgIpc) is 2.95. The van der Waals surface area contributed by atoms with Crippen molar-refractivity contribution in [3.8, 4) is 0 Å². The smallest absolute Gasteiger partial charge is 0.304 e. The van der Waals surface area contributed by atoms with Crippen molar-refractivity contribution in [2.75, 3.05) is 31.5 Å². The van der Waals surface area contributed by atoms with E-state index in [-0.39, 0.29) is 18.9 Å². The van der Waals surface area contributed by atoms with Crippen molar-refractivity contribution in [3.05, 3.63) is 101 Å². The quantitative estimate of drug-likeness (QED) is 0.282. The molecular weight excluding hydrogens is 548 g/mol. The van der Waals surface area contributed by atoms with E-state index in [2.05, 4.69) is 5.32 Å². The summed E-state index contributed by atoms with van der Waals surface area (Å²) in [4.78, 5) is 29.2. The Labute approximate surface area is 242 Å². The van der Waals surface area contributed by atoms with Crippen LogP contribution < -0.4 is 9.62 Å². The summed E-state index contributed by atoms with van der Waals surface area (Å²) in [5.41, 5.74) is 1.86. The third kappa shape index (κ3) is 8.30. The zero-order valence-electron chi connectivity index (χ0n) is 23.2. The highest BCUT2D eigenvalue weighted by molar-refractivity contribution is 7.90. The Hall–Kier alpha value is -3.40. The van der Waals surface area contributed by atoms with Gasteiger partial charge in [0.15, 0.2) is 0 Å². The molecule has 0 aliphatic heterocycles. The highest BCUT2D eigenvalue weighted by Gasteiger charge is 2.34. The van der Waals surface area contributed by atoms with Gasteiger partial charge in [-0.25, -0.2) is 4.31 Å². The molecule has 0 aliphatic rings. The van der Waals surface area contributed by atoms with E-state index in [1.54, 1.807) is 48.5 Å². The summed E-state index contributed by atoms with van der Waals surface area (Å²) in [7, 11) is -1.20. The highest BCUT2D eigenvalue weighted by atomic mass is 35.5. The number of hydrogen-bond donors (Lipinski definition) is 1. The second-order valence-corrected chi connectivity index (χ2v) is 12.1. The van der Waals surface area contributed by atoms with Crippen molar-refractivity contribution in [1.29, 1.82) is 0 Å². The molecule has 1 N–H and O–H groups in total. The number of amides is 2. The molecule has 0 saturated carbocycles. The summed E-state index contributed by atoms with van der Waals surface area (Å²) in [5.74, 6) is -0.833. The van der Waals surface area contributed by atoms with Crippen LogP contribution in [0.25, 0.3) is 0 Å². The van der Waals surface area contributed by atoms with Crippen LogP contribution in [0.15, 0.2) is 84.9 Å². The van der Waals surface area contributed by atoms with E-state index in [4.69, 9.17) is 11.6 Å². The van der Waals surface area contributed by atoms with Gasteiger partial charge in [-0.1, -0.05) is 91.7 Å². The lowest BCUT2D eigenvalue weighted by molar-refractivity contribution is -0.140. The Morgan fingerprint density at radius 3 is 2.10 bits per heavy atom. The summed E-state index contributed by atoms with van der Waals surface area (Å²) in [6, 6.07) is 24.1. The topological polar surface area (TPSA) is 90.0 Å². The highest BCUT2D eigenvalue weighted by Crippen LogP contribution is 2.23. The Morgan fingerprint density at radius 2 is 1.50 bits per heavy atom. The summed E-state index contributed by atoms with van der Waals surface area (Å²) in [6.07, 6.45) is 1.95. The summed E-state index contributed by atoms with van der Waals surface area (Å²) < 4.78 is 28.8. The molecule has 2 amide bonds. The molecule has 0 saturated heterocycles. The maximum Gasteiger partial charge on any atom is 0.304 e. The van der Waals surface area contributed by atoms with Gasteiger partial charge in [0.25, 0.3) is 0 Å². The molecule has 3 aromatic carbocycles. The standard InChI is InChI=1S/C30H37ClN4O4S/c1-4-5-20-32-30(37)28(21-24-14-8-6-9-15-24)34(22-25-16-12-13-19-27(25)31)29(36)23-35(40(38,39)33(2)3)26-17-10-7-11-18-26/h6-19,28H,4-5,20-23H2,1-3H3,(H,32,37)/t28-/m0/s1. The number of carbonyl (C=O) groups excluding carboxylic acids is 2. The number of halogens is 1. The molecule has 0 bridgehead atoms. The van der Waals surface area contributed by atoms with Crippen LogP contribution in [0, 0.1) is 0 Å². The molecule has 0 aromatic heterocycles. The number of rotatable bonds is 14. The number of carbonyl (C=O) groups is 2. The molecule has 0 unspecified atom stereocenters. The number of unbranched alkanes of at least 4 members (excludes halogenated alkanes) is 1. The van der Waals surface area contributed by atoms with Crippen LogP contribution >= 0.6 is 11.6 Å². The first-order valence-corrected chi connectivity index (χ1v) is 15.0. The van der Waals surface area contributed by atoms with Gasteiger partial charge < -0.3 is 10.2 Å². The van der Waals surface area contributed by atoms with Gasteiger partial charge in [-0.15, -0.1) is 0 Å². The van der Waals surface area contributed by atoms with E-state index in [0.29, 0.717) is 22.8 Å². The van der Waals surface area contributed by atoms with Crippen LogP contribution in [0.5, 0.6) is 0 Å². The number of para-hydroxylation sites is 1. The van der Waals surface area contributed by atoms with Crippen LogP contribution in [0.2, 0.25) is 5.02 Å². The molecule has 10 heteroatoms. The molecule has 0 spiro atoms. The van der Waals surface area contributed by atoms with Crippen molar-refractivity contribution in [2.45, 2.75) is 38.8 Å². The number of benzene rings is 3. The maximum absolute atomic E-state index is 14.2. The van der Waals surface area contributed by atoms with Gasteiger partial charge in [0.2, 0.25) is 11.8 Å². The van der Waals surface area contributed by atoms with Gasteiger partial charge in [0.05, 0.1) is 5.69 Å². The van der Waals surface area contributed by atoms with Gasteiger partial charge >= 0.3 is 10.2 Å². The van der Waals surface area contributed by atoms with Crippen molar-refractivity contribution >= 4 is 39.3 Å². The normalized spacial score (nSPS) is 12.1. The van der Waals surface area contributed by atoms with Gasteiger partial charge in [-0.05, 0) is 35.7 Å². The van der Waals surface area contributed by atoms with Gasteiger partial charge in [-0.3, -0.25) is 9.59 Å². The number of nitrogens with one attached hydrogen (secondary N) is 1. The van der Waals surface area contributed by atoms with E-state index >= 15 is 0 Å². The first-order valence-electron chi connectivity index (χ1n) is 13.2. The molecule has 214 valence electrons. The minimum absolute atomic E-state index is 0.0296. The van der Waals surface area contributed by atoms with Crippen LogP contribution in [-0.4, -0.2) is 62.7 Å². The minimum Gasteiger partial charge on any atom is -0.354 e. The van der Waals surface area contributed by atoms with Crippen molar-refractivity contribution in [2.24, 2.45) is 0 Å². The molecule has 0 fully saturated rings. The predicted molar refractivity (Wildman–Crippen MR) is 160 cm³/mol. The van der Waals surface area contributed by atoms with Gasteiger partial charge in [-0.2, -0.15) is 12.7 Å². The van der Waals surface area contributed by atoms with Gasteiger partial charge in [0, 0.05) is 38.6 Å². The number of nitrogens with zero attached hydrogens (tertiary/aromatic N) is 3. The van der Waals surface area contributed by atoms with Crippen LogP contribution in [-0.2, 0) is 32.8 Å². The zero-order chi connectivity index (χ0) is 29.1. The molecular formula is C30H37ClN4O4S. The van der Waals surface area contributed by atoms with E-state index in [1.165, 1.54) is 19.0 Å². The summed E-state index contributed by atoms with van der Waals surface area (Å²) >= 11 is 6.48. The van der Waals surface area contributed by atoms with Crippen molar-refractivity contribution in [3.63, 3.8) is 0 Å². The Balaban J connectivity index is 2.06. The monoisotopic (exact) mass is 584 g/mol. The fourth-order valence-electron chi connectivity index (χ4n) is 4.18. The molecule has 0 aliphatic carbocycles. The first kappa shape index (κ1) is 31.1. The predicted octanol–water partition coefficient (Wildman–Crippen LogP) is 4.51. The fourth-order valence-corrected chi connectivity index (χ4v) is 5.43. The molecule has 0 heterocycles. The molecule has 3 rings (SSSR count). The zero-order valence-corrected chi connectivity index (χ0v) is 24.7. The third-order valence-corrected chi connectivity index (χ3v) is 8.65. The molecule has 1 atom stereocenters. The molecule has 0 radical (unpaired) electrons. The lowest BCUT2D eigenvalue weighted by Crippen LogP contribution is -2.54. The van der Waals surface area contributed by atoms with E-state index in [9.17, 15) is 18.0 Å². The molecule has 8 nitrogen and oxygen atoms in total. The summed E-state index contributed by atoms with van der Waals surface area (Å²) in [6.45, 7) is 2.04. The summed E-state index contributed by atoms with van der Waals surface area (Å²) in [5, 5.41) is 3.42. The number of hydrogen-bond acceptors (Lipinski definition) is 4. The van der Waals surface area contributed by atoms with E-state index < -0.39 is 28.7 Å². The minimum atomic E-state index is -4.03. The van der Waals surface area contributed by atoms with Gasteiger partial charge in [0.1, 0.15) is 12.6 Å². The van der Waals surface area contributed by atoms with Crippen molar-refractivity contribution in [1.82, 2.24) is 14.5 Å². The van der Waals surface area contributed by atoms with E-state index in [0.717, 1.165) is 27.0 Å². The average molecular weight is 585 g/mol. The SMILES string of the molecule is CCCCNC(=O)[C@H](Cc1ccccc1)N(Cc1ccccc1Cl)C(=O)CN(c1ccccc1)S(=O)(=O)N(C)C. The Kier molecular flexibility index (Phi) is 11.5. The fraction of sp³-hybridized carbons (Fsp3) is 0.333.